The van der Waals surface area contributed by atoms with Crippen LogP contribution in [0, 0.1) is 31.0 Å². The normalized spacial score (nSPS) is 10.1. The van der Waals surface area contributed by atoms with E-state index < -0.39 is 5.82 Å². The molecule has 19 heavy (non-hydrogen) atoms. The Labute approximate surface area is 114 Å². The molecule has 0 radical (unpaired) electrons. The number of nitrogens with zero attached hydrogens (tertiary/aromatic N) is 3. The number of benzene rings is 1. The topological polar surface area (TPSA) is 58.8 Å². The van der Waals surface area contributed by atoms with Crippen molar-refractivity contribution in [3.63, 3.8) is 0 Å². The fourth-order valence-electron chi connectivity index (χ4n) is 1.44. The number of nitriles is 1. The van der Waals surface area contributed by atoms with Gasteiger partial charge in [0, 0.05) is 6.07 Å². The van der Waals surface area contributed by atoms with Crippen molar-refractivity contribution in [2.75, 3.05) is 0 Å². The molecule has 0 N–H and O–H groups in total. The van der Waals surface area contributed by atoms with Crippen LogP contribution in [0.1, 0.15) is 16.8 Å². The maximum Gasteiger partial charge on any atom is 0.257 e. The van der Waals surface area contributed by atoms with Gasteiger partial charge in [0.05, 0.1) is 10.7 Å². The second kappa shape index (κ2) is 5.21. The highest BCUT2D eigenvalue weighted by Gasteiger charge is 2.13. The SMILES string of the molecule is Cc1nnc(Oc2ccc(Cl)c(F)c2)c(C#N)c1C. The van der Waals surface area contributed by atoms with E-state index >= 15 is 0 Å². The van der Waals surface area contributed by atoms with Crippen LogP contribution in [0.2, 0.25) is 5.02 Å². The van der Waals surface area contributed by atoms with E-state index in [4.69, 9.17) is 21.6 Å². The molecule has 0 aliphatic carbocycles. The summed E-state index contributed by atoms with van der Waals surface area (Å²) in [4.78, 5) is 0. The first kappa shape index (κ1) is 13.2. The van der Waals surface area contributed by atoms with E-state index in [-0.39, 0.29) is 22.2 Å². The first-order valence-corrected chi connectivity index (χ1v) is 5.77. The lowest BCUT2D eigenvalue weighted by Crippen LogP contribution is -2.00. The number of aryl methyl sites for hydroxylation is 1. The van der Waals surface area contributed by atoms with Crippen LogP contribution in [0.4, 0.5) is 4.39 Å². The Morgan fingerprint density at radius 2 is 2.05 bits per heavy atom. The van der Waals surface area contributed by atoms with Crippen LogP contribution >= 0.6 is 11.6 Å². The zero-order valence-corrected chi connectivity index (χ0v) is 11.0. The third kappa shape index (κ3) is 2.64. The van der Waals surface area contributed by atoms with Crippen molar-refractivity contribution in [2.24, 2.45) is 0 Å². The summed E-state index contributed by atoms with van der Waals surface area (Å²) in [6.07, 6.45) is 0. The van der Waals surface area contributed by atoms with Gasteiger partial charge in [0.25, 0.3) is 5.88 Å². The van der Waals surface area contributed by atoms with E-state index in [2.05, 4.69) is 10.2 Å². The van der Waals surface area contributed by atoms with Crippen molar-refractivity contribution in [3.05, 3.63) is 45.9 Å². The minimum Gasteiger partial charge on any atom is -0.436 e. The van der Waals surface area contributed by atoms with Crippen LogP contribution in [0.3, 0.4) is 0 Å². The smallest absolute Gasteiger partial charge is 0.257 e. The van der Waals surface area contributed by atoms with Gasteiger partial charge in [-0.2, -0.15) is 10.4 Å². The summed E-state index contributed by atoms with van der Waals surface area (Å²) < 4.78 is 18.7. The Kier molecular flexibility index (Phi) is 3.63. The number of halogens is 2. The fraction of sp³-hybridized carbons (Fsp3) is 0.154. The second-order valence-electron chi connectivity index (χ2n) is 3.88. The highest BCUT2D eigenvalue weighted by atomic mass is 35.5. The molecule has 0 aliphatic rings. The Balaban J connectivity index is 2.41. The van der Waals surface area contributed by atoms with Gasteiger partial charge in [-0.05, 0) is 31.5 Å². The summed E-state index contributed by atoms with van der Waals surface area (Å²) in [5.74, 6) is -0.349. The first-order valence-electron chi connectivity index (χ1n) is 5.40. The minimum atomic E-state index is -0.602. The molecule has 2 aromatic rings. The number of aromatic nitrogens is 2. The molecule has 0 saturated heterocycles. The predicted octanol–water partition coefficient (Wildman–Crippen LogP) is 3.55. The first-order chi connectivity index (χ1) is 9.02. The number of hydrogen-bond donors (Lipinski definition) is 0. The highest BCUT2D eigenvalue weighted by Crippen LogP contribution is 2.27. The van der Waals surface area contributed by atoms with Crippen LogP contribution in [0.25, 0.3) is 0 Å². The summed E-state index contributed by atoms with van der Waals surface area (Å²) in [6, 6.07) is 5.99. The monoisotopic (exact) mass is 277 g/mol. The average molecular weight is 278 g/mol. The van der Waals surface area contributed by atoms with Crippen LogP contribution < -0.4 is 4.74 Å². The molecule has 96 valence electrons. The fourth-order valence-corrected chi connectivity index (χ4v) is 1.56. The molecular formula is C13H9ClFN3O. The van der Waals surface area contributed by atoms with Crippen molar-refractivity contribution in [2.45, 2.75) is 13.8 Å². The van der Waals surface area contributed by atoms with Gasteiger partial charge >= 0.3 is 0 Å². The number of rotatable bonds is 2. The Morgan fingerprint density at radius 1 is 1.32 bits per heavy atom. The van der Waals surface area contributed by atoms with E-state index in [1.54, 1.807) is 13.8 Å². The molecule has 0 fully saturated rings. The maximum atomic E-state index is 13.3. The molecule has 1 heterocycles. The molecule has 0 spiro atoms. The molecule has 4 nitrogen and oxygen atoms in total. The molecule has 0 amide bonds. The van der Waals surface area contributed by atoms with Crippen LogP contribution in [-0.2, 0) is 0 Å². The van der Waals surface area contributed by atoms with Gasteiger partial charge in [-0.3, -0.25) is 0 Å². The van der Waals surface area contributed by atoms with E-state index in [0.29, 0.717) is 11.3 Å². The number of ether oxygens (including phenoxy) is 1. The van der Waals surface area contributed by atoms with Gasteiger partial charge in [0.2, 0.25) is 0 Å². The molecule has 0 saturated carbocycles. The van der Waals surface area contributed by atoms with Gasteiger partial charge in [-0.25, -0.2) is 4.39 Å². The van der Waals surface area contributed by atoms with Crippen LogP contribution in [0.5, 0.6) is 11.6 Å². The van der Waals surface area contributed by atoms with E-state index in [0.717, 1.165) is 6.07 Å². The lowest BCUT2D eigenvalue weighted by atomic mass is 10.1. The molecule has 0 bridgehead atoms. The molecule has 2 rings (SSSR count). The van der Waals surface area contributed by atoms with Crippen molar-refractivity contribution in [1.29, 1.82) is 5.26 Å². The average Bonchev–Trinajstić information content (AvgIpc) is 2.39. The lowest BCUT2D eigenvalue weighted by Gasteiger charge is -2.08. The second-order valence-corrected chi connectivity index (χ2v) is 4.29. The Hall–Kier alpha value is -2.19. The molecule has 6 heteroatoms. The summed E-state index contributed by atoms with van der Waals surface area (Å²) in [5.41, 5.74) is 1.61. The van der Waals surface area contributed by atoms with Crippen LogP contribution in [-0.4, -0.2) is 10.2 Å². The van der Waals surface area contributed by atoms with Gasteiger partial charge < -0.3 is 4.74 Å². The van der Waals surface area contributed by atoms with Crippen molar-refractivity contribution >= 4 is 11.6 Å². The van der Waals surface area contributed by atoms with Gasteiger partial charge in [-0.1, -0.05) is 11.6 Å². The molecule has 1 aromatic carbocycles. The molecular weight excluding hydrogens is 269 g/mol. The summed E-state index contributed by atoms with van der Waals surface area (Å²) in [6.45, 7) is 3.49. The Bertz CT molecular complexity index is 682. The molecule has 1 aromatic heterocycles. The van der Waals surface area contributed by atoms with Crippen molar-refractivity contribution < 1.29 is 9.13 Å². The van der Waals surface area contributed by atoms with Gasteiger partial charge in [0.1, 0.15) is 23.2 Å². The van der Waals surface area contributed by atoms with Crippen molar-refractivity contribution in [3.8, 4) is 17.7 Å². The maximum absolute atomic E-state index is 13.3. The molecule has 0 unspecified atom stereocenters. The quantitative estimate of drug-likeness (QED) is 0.842. The summed E-state index contributed by atoms with van der Waals surface area (Å²) in [7, 11) is 0. The Morgan fingerprint density at radius 3 is 2.68 bits per heavy atom. The molecule has 0 aliphatic heterocycles. The zero-order chi connectivity index (χ0) is 14.0. The molecule has 0 atom stereocenters. The highest BCUT2D eigenvalue weighted by molar-refractivity contribution is 6.30. The standard InChI is InChI=1S/C13H9ClFN3O/c1-7-8(2)17-18-13(10(7)6-16)19-9-3-4-11(14)12(15)5-9/h3-5H,1-2H3. The zero-order valence-electron chi connectivity index (χ0n) is 10.2. The minimum absolute atomic E-state index is 0.000900. The van der Waals surface area contributed by atoms with Gasteiger partial charge in [-0.15, -0.1) is 5.10 Å². The van der Waals surface area contributed by atoms with E-state index in [1.807, 2.05) is 6.07 Å². The summed E-state index contributed by atoms with van der Waals surface area (Å²) in [5, 5.41) is 16.8. The van der Waals surface area contributed by atoms with Crippen molar-refractivity contribution in [1.82, 2.24) is 10.2 Å². The largest absolute Gasteiger partial charge is 0.436 e. The third-order valence-electron chi connectivity index (χ3n) is 2.64. The lowest BCUT2D eigenvalue weighted by molar-refractivity contribution is 0.447. The van der Waals surface area contributed by atoms with Gasteiger partial charge in [0.15, 0.2) is 0 Å². The third-order valence-corrected chi connectivity index (χ3v) is 2.95. The summed E-state index contributed by atoms with van der Waals surface area (Å²) >= 11 is 5.58. The van der Waals surface area contributed by atoms with E-state index in [1.165, 1.54) is 12.1 Å². The van der Waals surface area contributed by atoms with E-state index in [9.17, 15) is 4.39 Å². The van der Waals surface area contributed by atoms with Crippen LogP contribution in [0.15, 0.2) is 18.2 Å². The predicted molar refractivity (Wildman–Crippen MR) is 67.7 cm³/mol. The number of hydrogen-bond acceptors (Lipinski definition) is 4.